The molecule has 0 bridgehead atoms. The molecule has 0 aromatic carbocycles. The Balaban J connectivity index is 1.58. The summed E-state index contributed by atoms with van der Waals surface area (Å²) in [4.78, 5) is 26.5. The number of aryl methyl sites for hydroxylation is 1. The predicted octanol–water partition coefficient (Wildman–Crippen LogP) is 0.803. The molecule has 126 valence electrons. The Labute approximate surface area is 136 Å². The van der Waals surface area contributed by atoms with Crippen LogP contribution in [0.1, 0.15) is 43.1 Å². The van der Waals surface area contributed by atoms with Gasteiger partial charge in [-0.25, -0.2) is 0 Å². The van der Waals surface area contributed by atoms with Crippen LogP contribution in [0.25, 0.3) is 0 Å². The van der Waals surface area contributed by atoms with Crippen LogP contribution in [0.4, 0.5) is 0 Å². The van der Waals surface area contributed by atoms with Gasteiger partial charge in [0, 0.05) is 25.3 Å². The molecule has 7 nitrogen and oxygen atoms in total. The minimum absolute atomic E-state index is 0.103. The zero-order valence-electron chi connectivity index (χ0n) is 13.5. The van der Waals surface area contributed by atoms with Gasteiger partial charge in [-0.05, 0) is 25.8 Å². The fourth-order valence-corrected chi connectivity index (χ4v) is 3.17. The number of aromatic nitrogens is 2. The summed E-state index contributed by atoms with van der Waals surface area (Å²) in [5.41, 5.74) is 0.420. The maximum absolute atomic E-state index is 12.5. The van der Waals surface area contributed by atoms with Crippen molar-refractivity contribution in [2.24, 2.45) is 0 Å². The third kappa shape index (κ3) is 3.72. The molecule has 2 aliphatic rings. The maximum Gasteiger partial charge on any atom is 0.274 e. The maximum atomic E-state index is 12.5. The van der Waals surface area contributed by atoms with Crippen LogP contribution in [0.3, 0.4) is 0 Å². The number of ether oxygens (including phenoxy) is 1. The fourth-order valence-electron chi connectivity index (χ4n) is 3.17. The van der Waals surface area contributed by atoms with Gasteiger partial charge in [-0.2, -0.15) is 5.10 Å². The second kappa shape index (κ2) is 7.12. The Bertz CT molecular complexity index is 565. The first kappa shape index (κ1) is 16.0. The minimum Gasteiger partial charge on any atom is -0.365 e. The number of rotatable bonds is 4. The van der Waals surface area contributed by atoms with Crippen molar-refractivity contribution in [2.75, 3.05) is 19.7 Å². The van der Waals surface area contributed by atoms with E-state index in [2.05, 4.69) is 10.4 Å². The molecule has 3 rings (SSSR count). The molecule has 1 atom stereocenters. The molecule has 1 aromatic heterocycles. The number of hydrogen-bond donors (Lipinski definition) is 1. The minimum atomic E-state index is -0.582. The van der Waals surface area contributed by atoms with E-state index in [9.17, 15) is 9.59 Å². The molecule has 1 aliphatic heterocycles. The first-order valence-corrected chi connectivity index (χ1v) is 8.42. The van der Waals surface area contributed by atoms with Crippen molar-refractivity contribution in [2.45, 2.75) is 51.3 Å². The second-order valence-corrected chi connectivity index (χ2v) is 6.16. The third-order valence-corrected chi connectivity index (χ3v) is 4.53. The molecule has 1 saturated carbocycles. The molecule has 2 fully saturated rings. The van der Waals surface area contributed by atoms with E-state index in [-0.39, 0.29) is 24.4 Å². The molecule has 0 spiro atoms. The van der Waals surface area contributed by atoms with Gasteiger partial charge in [0.1, 0.15) is 5.69 Å². The van der Waals surface area contributed by atoms with Crippen LogP contribution in [-0.2, 0) is 16.1 Å². The summed E-state index contributed by atoms with van der Waals surface area (Å²) in [6.07, 6.45) is 5.62. The number of nitrogens with one attached hydrogen (secondary N) is 1. The van der Waals surface area contributed by atoms with Crippen LogP contribution < -0.4 is 5.32 Å². The number of nitrogens with zero attached hydrogens (tertiary/aromatic N) is 3. The van der Waals surface area contributed by atoms with Gasteiger partial charge >= 0.3 is 0 Å². The SMILES string of the molecule is CCn1ccc(C(=O)N2CCO[C@H](C(=O)NC3CCCC3)C2)n1. The van der Waals surface area contributed by atoms with Gasteiger partial charge in [0.2, 0.25) is 0 Å². The van der Waals surface area contributed by atoms with Gasteiger partial charge in [-0.15, -0.1) is 0 Å². The first-order chi connectivity index (χ1) is 11.2. The summed E-state index contributed by atoms with van der Waals surface area (Å²) in [7, 11) is 0. The molecule has 7 heteroatoms. The topological polar surface area (TPSA) is 76.5 Å². The summed E-state index contributed by atoms with van der Waals surface area (Å²) in [5, 5.41) is 7.28. The third-order valence-electron chi connectivity index (χ3n) is 4.53. The molecule has 0 unspecified atom stereocenters. The Morgan fingerprint density at radius 3 is 2.87 bits per heavy atom. The lowest BCUT2D eigenvalue weighted by Gasteiger charge is -2.32. The van der Waals surface area contributed by atoms with Gasteiger partial charge in [-0.3, -0.25) is 14.3 Å². The number of hydrogen-bond acceptors (Lipinski definition) is 4. The summed E-state index contributed by atoms with van der Waals surface area (Å²) < 4.78 is 7.28. The highest BCUT2D eigenvalue weighted by Crippen LogP contribution is 2.18. The largest absolute Gasteiger partial charge is 0.365 e. The summed E-state index contributed by atoms with van der Waals surface area (Å²) in [6, 6.07) is 1.98. The number of morpholine rings is 1. The number of carbonyl (C=O) groups excluding carboxylic acids is 2. The average molecular weight is 320 g/mol. The molecular weight excluding hydrogens is 296 g/mol. The smallest absolute Gasteiger partial charge is 0.274 e. The van der Waals surface area contributed by atoms with E-state index >= 15 is 0 Å². The number of amides is 2. The lowest BCUT2D eigenvalue weighted by atomic mass is 10.2. The van der Waals surface area contributed by atoms with Crippen molar-refractivity contribution in [3.05, 3.63) is 18.0 Å². The van der Waals surface area contributed by atoms with Crippen LogP contribution in [0.15, 0.2) is 12.3 Å². The Kier molecular flexibility index (Phi) is 4.95. The van der Waals surface area contributed by atoms with E-state index in [1.807, 2.05) is 6.92 Å². The fraction of sp³-hybridized carbons (Fsp3) is 0.688. The van der Waals surface area contributed by atoms with Crippen molar-refractivity contribution >= 4 is 11.8 Å². The molecule has 1 saturated heterocycles. The van der Waals surface area contributed by atoms with Crippen molar-refractivity contribution in [1.29, 1.82) is 0 Å². The second-order valence-electron chi connectivity index (χ2n) is 6.16. The number of carbonyl (C=O) groups is 2. The Morgan fingerprint density at radius 1 is 1.39 bits per heavy atom. The quantitative estimate of drug-likeness (QED) is 0.890. The van der Waals surface area contributed by atoms with Gasteiger partial charge < -0.3 is 15.0 Å². The van der Waals surface area contributed by atoms with Crippen LogP contribution >= 0.6 is 0 Å². The standard InChI is InChI=1S/C16H24N4O3/c1-2-20-8-7-13(18-20)16(22)19-9-10-23-14(11-19)15(21)17-12-5-3-4-6-12/h7-8,12,14H,2-6,9-11H2,1H3,(H,17,21)/t14-/m0/s1. The molecule has 1 aliphatic carbocycles. The van der Waals surface area contributed by atoms with Crippen molar-refractivity contribution in [3.63, 3.8) is 0 Å². The normalized spacial score (nSPS) is 22.3. The van der Waals surface area contributed by atoms with Crippen LogP contribution in [-0.4, -0.2) is 58.3 Å². The highest BCUT2D eigenvalue weighted by atomic mass is 16.5. The monoisotopic (exact) mass is 320 g/mol. The zero-order chi connectivity index (χ0) is 16.2. The average Bonchev–Trinajstić information content (AvgIpc) is 3.25. The van der Waals surface area contributed by atoms with Gasteiger partial charge in [0.05, 0.1) is 13.2 Å². The van der Waals surface area contributed by atoms with Crippen LogP contribution in [0, 0.1) is 0 Å². The predicted molar refractivity (Wildman–Crippen MR) is 83.9 cm³/mol. The van der Waals surface area contributed by atoms with Gasteiger partial charge in [0.15, 0.2) is 6.10 Å². The van der Waals surface area contributed by atoms with E-state index in [1.54, 1.807) is 21.8 Å². The van der Waals surface area contributed by atoms with E-state index in [4.69, 9.17) is 4.74 Å². The van der Waals surface area contributed by atoms with Crippen molar-refractivity contribution in [1.82, 2.24) is 20.0 Å². The van der Waals surface area contributed by atoms with E-state index in [1.165, 1.54) is 12.8 Å². The molecule has 2 heterocycles. The highest BCUT2D eigenvalue weighted by Gasteiger charge is 2.31. The summed E-state index contributed by atoms with van der Waals surface area (Å²) in [6.45, 7) is 3.85. The molecule has 2 amide bonds. The Hall–Kier alpha value is -1.89. The zero-order valence-corrected chi connectivity index (χ0v) is 13.5. The van der Waals surface area contributed by atoms with Gasteiger partial charge in [-0.1, -0.05) is 12.8 Å². The summed E-state index contributed by atoms with van der Waals surface area (Å²) >= 11 is 0. The van der Waals surface area contributed by atoms with Crippen LogP contribution in [0.2, 0.25) is 0 Å². The Morgan fingerprint density at radius 2 is 2.17 bits per heavy atom. The lowest BCUT2D eigenvalue weighted by molar-refractivity contribution is -0.137. The lowest BCUT2D eigenvalue weighted by Crippen LogP contribution is -2.53. The van der Waals surface area contributed by atoms with E-state index < -0.39 is 6.10 Å². The van der Waals surface area contributed by atoms with Gasteiger partial charge in [0.25, 0.3) is 11.8 Å². The molecular formula is C16H24N4O3. The van der Waals surface area contributed by atoms with E-state index in [0.29, 0.717) is 18.8 Å². The molecule has 0 radical (unpaired) electrons. The molecule has 23 heavy (non-hydrogen) atoms. The highest BCUT2D eigenvalue weighted by molar-refractivity contribution is 5.93. The molecule has 1 aromatic rings. The van der Waals surface area contributed by atoms with E-state index in [0.717, 1.165) is 19.4 Å². The summed E-state index contributed by atoms with van der Waals surface area (Å²) in [5.74, 6) is -0.243. The van der Waals surface area contributed by atoms with Crippen molar-refractivity contribution < 1.29 is 14.3 Å². The molecule has 1 N–H and O–H groups in total. The van der Waals surface area contributed by atoms with Crippen molar-refractivity contribution in [3.8, 4) is 0 Å². The first-order valence-electron chi connectivity index (χ1n) is 8.42. The van der Waals surface area contributed by atoms with Crippen LogP contribution in [0.5, 0.6) is 0 Å².